The first-order valence-corrected chi connectivity index (χ1v) is 11.6. The minimum absolute atomic E-state index is 0.0885. The molecule has 0 radical (unpaired) electrons. The highest BCUT2D eigenvalue weighted by Gasteiger charge is 2.41. The van der Waals surface area contributed by atoms with Crippen molar-refractivity contribution in [2.45, 2.75) is 45.8 Å². The Labute approximate surface area is 179 Å². The summed E-state index contributed by atoms with van der Waals surface area (Å²) in [7, 11) is 0. The van der Waals surface area contributed by atoms with Gasteiger partial charge in [0.2, 0.25) is 0 Å². The Balaban J connectivity index is 1.24. The lowest BCUT2D eigenvalue weighted by Gasteiger charge is -2.20. The topological polar surface area (TPSA) is 49.6 Å². The van der Waals surface area contributed by atoms with Crippen molar-refractivity contribution in [3.05, 3.63) is 52.3 Å². The van der Waals surface area contributed by atoms with E-state index in [0.717, 1.165) is 53.4 Å². The molecule has 5 rings (SSSR count). The molecule has 7 heteroatoms. The molecule has 2 aliphatic rings. The van der Waals surface area contributed by atoms with Crippen molar-refractivity contribution < 1.29 is 9.18 Å². The highest BCUT2D eigenvalue weighted by molar-refractivity contribution is 7.17. The SMILES string of the molecule is CCc1nc2sc(C)cn2c1C(=O)NCc1ccc(N2CC3CC(F)CC3C2)cc1. The Morgan fingerprint density at radius 1 is 1.23 bits per heavy atom. The van der Waals surface area contributed by atoms with Gasteiger partial charge in [-0.05, 0) is 55.7 Å². The van der Waals surface area contributed by atoms with Crippen LogP contribution >= 0.6 is 11.3 Å². The van der Waals surface area contributed by atoms with Crippen LogP contribution < -0.4 is 10.2 Å². The zero-order valence-electron chi connectivity index (χ0n) is 17.4. The summed E-state index contributed by atoms with van der Waals surface area (Å²) in [5.41, 5.74) is 3.73. The molecule has 5 nitrogen and oxygen atoms in total. The van der Waals surface area contributed by atoms with E-state index in [4.69, 9.17) is 0 Å². The molecule has 1 aromatic carbocycles. The fourth-order valence-electron chi connectivity index (χ4n) is 5.02. The van der Waals surface area contributed by atoms with E-state index in [9.17, 15) is 9.18 Å². The van der Waals surface area contributed by atoms with E-state index in [2.05, 4.69) is 39.5 Å². The Morgan fingerprint density at radius 3 is 2.60 bits per heavy atom. The number of nitrogens with zero attached hydrogens (tertiary/aromatic N) is 3. The molecule has 30 heavy (non-hydrogen) atoms. The van der Waals surface area contributed by atoms with Crippen molar-refractivity contribution in [1.29, 1.82) is 0 Å². The number of nitrogens with one attached hydrogen (secondary N) is 1. The molecule has 1 aliphatic carbocycles. The lowest BCUT2D eigenvalue weighted by atomic mass is 10.0. The number of alkyl halides is 1. The van der Waals surface area contributed by atoms with Gasteiger partial charge in [0.25, 0.3) is 5.91 Å². The van der Waals surface area contributed by atoms with Crippen LogP contribution in [0.4, 0.5) is 10.1 Å². The number of anilines is 1. The summed E-state index contributed by atoms with van der Waals surface area (Å²) in [4.78, 5) is 21.9. The molecule has 1 aliphatic heterocycles. The number of halogens is 1. The average Bonchev–Trinajstić information content (AvgIpc) is 3.44. The van der Waals surface area contributed by atoms with E-state index < -0.39 is 6.17 Å². The number of carbonyl (C=O) groups excluding carboxylic acids is 1. The molecule has 3 heterocycles. The number of rotatable bonds is 5. The maximum absolute atomic E-state index is 13.6. The van der Waals surface area contributed by atoms with Crippen molar-refractivity contribution in [2.24, 2.45) is 11.8 Å². The number of hydrogen-bond acceptors (Lipinski definition) is 4. The molecule has 1 saturated heterocycles. The summed E-state index contributed by atoms with van der Waals surface area (Å²) in [6.07, 6.45) is 3.54. The second-order valence-electron chi connectivity index (χ2n) is 8.60. The Bertz CT molecular complexity index is 1060. The number of fused-ring (bicyclic) bond motifs is 2. The molecule has 158 valence electrons. The monoisotopic (exact) mass is 426 g/mol. The third-order valence-electron chi connectivity index (χ3n) is 6.51. The van der Waals surface area contributed by atoms with E-state index in [-0.39, 0.29) is 5.91 Å². The Morgan fingerprint density at radius 2 is 1.93 bits per heavy atom. The van der Waals surface area contributed by atoms with Gasteiger partial charge in [-0.2, -0.15) is 0 Å². The van der Waals surface area contributed by atoms with E-state index in [1.165, 1.54) is 5.69 Å². The van der Waals surface area contributed by atoms with Crippen LogP contribution in [0.3, 0.4) is 0 Å². The largest absolute Gasteiger partial charge is 0.371 e. The van der Waals surface area contributed by atoms with Gasteiger partial charge in [0.1, 0.15) is 11.9 Å². The van der Waals surface area contributed by atoms with Gasteiger partial charge in [-0.15, -0.1) is 11.3 Å². The number of aromatic nitrogens is 2. The molecule has 2 atom stereocenters. The molecule has 2 aromatic heterocycles. The molecule has 2 fully saturated rings. The molecule has 3 aromatic rings. The summed E-state index contributed by atoms with van der Waals surface area (Å²) in [6.45, 7) is 6.44. The first-order valence-electron chi connectivity index (χ1n) is 10.7. The second kappa shape index (κ2) is 7.69. The lowest BCUT2D eigenvalue weighted by molar-refractivity contribution is 0.0944. The zero-order valence-corrected chi connectivity index (χ0v) is 18.2. The number of aryl methyl sites for hydroxylation is 2. The van der Waals surface area contributed by atoms with Crippen LogP contribution in [0.1, 0.15) is 46.4 Å². The van der Waals surface area contributed by atoms with Gasteiger partial charge in [0, 0.05) is 36.4 Å². The smallest absolute Gasteiger partial charge is 0.270 e. The van der Waals surface area contributed by atoms with E-state index >= 15 is 0 Å². The van der Waals surface area contributed by atoms with Gasteiger partial charge >= 0.3 is 0 Å². The van der Waals surface area contributed by atoms with Gasteiger partial charge in [0.05, 0.1) is 5.69 Å². The molecule has 1 N–H and O–H groups in total. The Hall–Kier alpha value is -2.41. The van der Waals surface area contributed by atoms with E-state index in [1.54, 1.807) is 11.3 Å². The highest BCUT2D eigenvalue weighted by Crippen LogP contribution is 2.41. The van der Waals surface area contributed by atoms with Crippen LogP contribution in [0.5, 0.6) is 0 Å². The van der Waals surface area contributed by atoms with Crippen LogP contribution in [0.2, 0.25) is 0 Å². The fourth-order valence-corrected chi connectivity index (χ4v) is 5.86. The van der Waals surface area contributed by atoms with Gasteiger partial charge in [-0.3, -0.25) is 9.20 Å². The maximum Gasteiger partial charge on any atom is 0.270 e. The summed E-state index contributed by atoms with van der Waals surface area (Å²) >= 11 is 1.60. The van der Waals surface area contributed by atoms with Crippen LogP contribution in [0.25, 0.3) is 4.96 Å². The minimum Gasteiger partial charge on any atom is -0.371 e. The number of hydrogen-bond donors (Lipinski definition) is 1. The van der Waals surface area contributed by atoms with Crippen LogP contribution in [-0.4, -0.2) is 34.6 Å². The normalized spacial score (nSPS) is 23.3. The lowest BCUT2D eigenvalue weighted by Crippen LogP contribution is -2.25. The summed E-state index contributed by atoms with van der Waals surface area (Å²) in [6, 6.07) is 8.38. The molecule has 0 spiro atoms. The predicted molar refractivity (Wildman–Crippen MR) is 118 cm³/mol. The minimum atomic E-state index is -0.601. The molecule has 1 amide bonds. The summed E-state index contributed by atoms with van der Waals surface area (Å²) in [5, 5.41) is 3.05. The molecule has 1 saturated carbocycles. The third-order valence-corrected chi connectivity index (χ3v) is 7.41. The maximum atomic E-state index is 13.6. The molecular formula is C23H27FN4OS. The van der Waals surface area contributed by atoms with Gasteiger partial charge < -0.3 is 10.2 Å². The predicted octanol–water partition coefficient (Wildman–Crippen LogP) is 4.38. The van der Waals surface area contributed by atoms with Gasteiger partial charge in [-0.25, -0.2) is 9.37 Å². The van der Waals surface area contributed by atoms with Crippen molar-refractivity contribution in [3.63, 3.8) is 0 Å². The third kappa shape index (κ3) is 3.49. The standard InChI is InChI=1S/C23H27FN4OS/c1-3-20-21(28-11-14(2)30-23(28)26-20)22(29)25-10-15-4-6-19(7-5-15)27-12-16-8-18(24)9-17(16)13-27/h4-7,11,16-18H,3,8-10,12-13H2,1-2H3,(H,25,29). The van der Waals surface area contributed by atoms with Gasteiger partial charge in [0.15, 0.2) is 4.96 Å². The first kappa shape index (κ1) is 19.5. The summed E-state index contributed by atoms with van der Waals surface area (Å²) < 4.78 is 15.5. The van der Waals surface area contributed by atoms with Crippen LogP contribution in [0, 0.1) is 18.8 Å². The fraction of sp³-hybridized carbons (Fsp3) is 0.478. The number of thiazole rings is 1. The second-order valence-corrected chi connectivity index (χ2v) is 9.81. The molecular weight excluding hydrogens is 399 g/mol. The van der Waals surface area contributed by atoms with E-state index in [0.29, 0.717) is 24.1 Å². The average molecular weight is 427 g/mol. The van der Waals surface area contributed by atoms with Crippen molar-refractivity contribution in [2.75, 3.05) is 18.0 Å². The quantitative estimate of drug-likeness (QED) is 0.659. The first-order chi connectivity index (χ1) is 14.5. The Kier molecular flexibility index (Phi) is 5.01. The number of carbonyl (C=O) groups is 1. The number of imidazole rings is 1. The number of benzene rings is 1. The van der Waals surface area contributed by atoms with Crippen molar-refractivity contribution >= 4 is 27.9 Å². The zero-order chi connectivity index (χ0) is 20.8. The van der Waals surface area contributed by atoms with E-state index in [1.807, 2.05) is 24.4 Å². The van der Waals surface area contributed by atoms with Crippen molar-refractivity contribution in [1.82, 2.24) is 14.7 Å². The van der Waals surface area contributed by atoms with Crippen LogP contribution in [0.15, 0.2) is 30.5 Å². The highest BCUT2D eigenvalue weighted by atomic mass is 32.1. The van der Waals surface area contributed by atoms with Crippen LogP contribution in [-0.2, 0) is 13.0 Å². The number of amides is 1. The molecule has 2 unspecified atom stereocenters. The van der Waals surface area contributed by atoms with Crippen molar-refractivity contribution in [3.8, 4) is 0 Å². The summed E-state index contributed by atoms with van der Waals surface area (Å²) in [5.74, 6) is 0.911. The van der Waals surface area contributed by atoms with Gasteiger partial charge in [-0.1, -0.05) is 19.1 Å². The molecule has 0 bridgehead atoms.